The first-order chi connectivity index (χ1) is 30.5. The summed E-state index contributed by atoms with van der Waals surface area (Å²) < 4.78 is 11.8. The number of piperidine rings is 1. The fourth-order valence-electron chi connectivity index (χ4n) is 7.62. The van der Waals surface area contributed by atoms with Crippen LogP contribution in [0.5, 0.6) is 5.75 Å². The number of rotatable bonds is 25. The maximum atomic E-state index is 14.9. The average molecular weight is 909 g/mol. The maximum Gasteiger partial charge on any atom is 0.306 e. The lowest BCUT2D eigenvalue weighted by atomic mass is 9.93. The van der Waals surface area contributed by atoms with Crippen LogP contribution in [0.3, 0.4) is 0 Å². The minimum absolute atomic E-state index is 0.0484. The molecule has 6 N–H and O–H groups in total. The molecule has 0 aliphatic carbocycles. The molecule has 7 atom stereocenters. The van der Waals surface area contributed by atoms with Gasteiger partial charge in [0, 0.05) is 37.1 Å². The molecular formula is C47H68N6O10S. The van der Waals surface area contributed by atoms with Crippen molar-refractivity contribution in [3.05, 3.63) is 75.7 Å². The lowest BCUT2D eigenvalue weighted by Gasteiger charge is -2.39. The number of nitrogen functional groups attached to an aromatic ring is 1. The Labute approximate surface area is 381 Å². The fourth-order valence-corrected chi connectivity index (χ4v) is 8.46. The van der Waals surface area contributed by atoms with Crippen molar-refractivity contribution in [3.8, 4) is 5.75 Å². The van der Waals surface area contributed by atoms with Crippen molar-refractivity contribution < 1.29 is 48.5 Å². The molecule has 16 nitrogen and oxygen atoms in total. The highest BCUT2D eigenvalue weighted by atomic mass is 32.1. The number of ether oxygens (including phenoxy) is 2. The van der Waals surface area contributed by atoms with Gasteiger partial charge in [0.2, 0.25) is 5.91 Å². The predicted molar refractivity (Wildman–Crippen MR) is 244 cm³/mol. The molecule has 1 aromatic heterocycles. The first-order valence-electron chi connectivity index (χ1n) is 22.3. The number of nitrogens with two attached hydrogens (primary N) is 1. The number of esters is 1. The van der Waals surface area contributed by atoms with E-state index >= 15 is 0 Å². The lowest BCUT2D eigenvalue weighted by Crippen LogP contribution is -2.58. The first-order valence-corrected chi connectivity index (χ1v) is 23.2. The largest absolute Gasteiger partial charge is 0.508 e. The number of nitrogens with zero attached hydrogens (tertiary/aromatic N) is 3. The van der Waals surface area contributed by atoms with Crippen LogP contribution < -0.4 is 16.4 Å². The number of thiazole rings is 1. The number of anilines is 1. The number of amides is 3. The predicted octanol–water partition coefficient (Wildman–Crippen LogP) is 6.28. The van der Waals surface area contributed by atoms with Crippen molar-refractivity contribution in [1.82, 2.24) is 25.6 Å². The minimum atomic E-state index is -1.00. The second-order valence-electron chi connectivity index (χ2n) is 17.2. The number of phenolic OH excluding ortho intramolecular Hbond substituents is 1. The van der Waals surface area contributed by atoms with Gasteiger partial charge in [0.15, 0.2) is 6.10 Å². The summed E-state index contributed by atoms with van der Waals surface area (Å²) in [5.41, 5.74) is 8.28. The molecule has 1 saturated heterocycles. The van der Waals surface area contributed by atoms with Crippen LogP contribution in [0.15, 0.2) is 53.9 Å². The molecular weight excluding hydrogens is 841 g/mol. The molecule has 2 aromatic carbocycles. The molecule has 17 heteroatoms. The third-order valence-electron chi connectivity index (χ3n) is 11.7. The van der Waals surface area contributed by atoms with Crippen molar-refractivity contribution in [2.45, 2.75) is 130 Å². The Morgan fingerprint density at radius 2 is 1.66 bits per heavy atom. The summed E-state index contributed by atoms with van der Waals surface area (Å²) >= 11 is 1.12. The van der Waals surface area contributed by atoms with Gasteiger partial charge in [-0.15, -0.1) is 11.3 Å². The number of carbonyl (C=O) groups is 5. The first kappa shape index (κ1) is 51.5. The number of hydrogen-bond acceptors (Lipinski definition) is 13. The van der Waals surface area contributed by atoms with Gasteiger partial charge in [0.1, 0.15) is 22.5 Å². The quantitative estimate of drug-likeness (QED) is 0.0274. The zero-order chi connectivity index (χ0) is 46.9. The van der Waals surface area contributed by atoms with E-state index in [4.69, 9.17) is 20.0 Å². The van der Waals surface area contributed by atoms with E-state index in [1.165, 1.54) is 24.1 Å². The van der Waals surface area contributed by atoms with Gasteiger partial charge in [-0.1, -0.05) is 71.7 Å². The number of carboxylic acid groups (broad SMARTS) is 1. The highest BCUT2D eigenvalue weighted by molar-refractivity contribution is 7.09. The molecule has 1 fully saturated rings. The van der Waals surface area contributed by atoms with E-state index in [1.54, 1.807) is 24.4 Å². The third-order valence-corrected chi connectivity index (χ3v) is 12.6. The second kappa shape index (κ2) is 25.4. The highest BCUT2D eigenvalue weighted by Crippen LogP contribution is 2.32. The van der Waals surface area contributed by atoms with Gasteiger partial charge in [-0.3, -0.25) is 33.7 Å². The number of nitrogens with one attached hydrogen (secondary N) is 2. The fraction of sp³-hybridized carbons (Fsp3) is 0.574. The van der Waals surface area contributed by atoms with Gasteiger partial charge >= 0.3 is 11.9 Å². The Bertz CT molecular complexity index is 1960. The standard InChI is InChI=1S/C47H68N6O10S/c1-8-30(4)42(51-44(57)39-12-9-10-21-52(39)7)46(58)53(62-23-11-22-61-27-34-13-17-35(48)18-14-34)40(29(2)3)26-41(63-32(6)54)45-50-38(28-64-45)43(56)49-36(24-31(5)47(59)60)25-33-15-19-37(55)20-16-33/h13-20,28-31,36,39-42,55H,8-12,21-27,48H2,1-7H3,(H,49,56)(H,51,57)(H,59,60)/t30-,31-,36+,39+,40?,41+,42-/m0/s1. The normalized spacial score (nSPS) is 17.1. The highest BCUT2D eigenvalue weighted by Gasteiger charge is 2.40. The summed E-state index contributed by atoms with van der Waals surface area (Å²) in [6, 6.07) is 11.3. The molecule has 0 spiro atoms. The Kier molecular flexibility index (Phi) is 20.5. The van der Waals surface area contributed by atoms with Crippen LogP contribution >= 0.6 is 11.3 Å². The number of likely N-dealkylation sites (tertiary alicyclic amines) is 1. The van der Waals surface area contributed by atoms with Crippen LogP contribution in [0.25, 0.3) is 0 Å². The monoisotopic (exact) mass is 908 g/mol. The number of benzene rings is 2. The molecule has 352 valence electrons. The van der Waals surface area contributed by atoms with Crippen LogP contribution in [-0.2, 0) is 46.5 Å². The number of aromatic nitrogens is 1. The molecule has 64 heavy (non-hydrogen) atoms. The summed E-state index contributed by atoms with van der Waals surface area (Å²) in [6.45, 7) is 12.2. The summed E-state index contributed by atoms with van der Waals surface area (Å²) in [6.07, 6.45) is 3.14. The minimum Gasteiger partial charge on any atom is -0.508 e. The Morgan fingerprint density at radius 1 is 0.969 bits per heavy atom. The van der Waals surface area contributed by atoms with Crippen molar-refractivity contribution >= 4 is 46.7 Å². The zero-order valence-electron chi connectivity index (χ0n) is 38.3. The molecule has 2 heterocycles. The van der Waals surface area contributed by atoms with Gasteiger partial charge in [-0.2, -0.15) is 0 Å². The van der Waals surface area contributed by atoms with E-state index < -0.39 is 53.9 Å². The van der Waals surface area contributed by atoms with E-state index in [0.29, 0.717) is 49.6 Å². The second-order valence-corrected chi connectivity index (χ2v) is 18.1. The lowest BCUT2D eigenvalue weighted by molar-refractivity contribution is -0.214. The summed E-state index contributed by atoms with van der Waals surface area (Å²) in [4.78, 5) is 80.0. The number of aliphatic carboxylic acids is 1. The van der Waals surface area contributed by atoms with E-state index in [9.17, 15) is 34.2 Å². The molecule has 1 unspecified atom stereocenters. The molecule has 4 rings (SSSR count). The number of hydrogen-bond donors (Lipinski definition) is 5. The van der Waals surface area contributed by atoms with Crippen molar-refractivity contribution in [3.63, 3.8) is 0 Å². The molecule has 3 amide bonds. The van der Waals surface area contributed by atoms with Crippen LogP contribution in [0.4, 0.5) is 5.69 Å². The number of carboxylic acids is 1. The molecule has 0 radical (unpaired) electrons. The topological polar surface area (TPSA) is 223 Å². The summed E-state index contributed by atoms with van der Waals surface area (Å²) in [5.74, 6) is -3.96. The number of likely N-dealkylation sites (N-methyl/N-ethyl adjacent to an activating group) is 1. The van der Waals surface area contributed by atoms with E-state index in [0.717, 1.165) is 41.9 Å². The van der Waals surface area contributed by atoms with Crippen molar-refractivity contribution in [2.24, 2.45) is 17.8 Å². The maximum absolute atomic E-state index is 14.9. The van der Waals surface area contributed by atoms with Gasteiger partial charge in [0.25, 0.3) is 11.8 Å². The van der Waals surface area contributed by atoms with E-state index in [2.05, 4.69) is 15.6 Å². The van der Waals surface area contributed by atoms with Gasteiger partial charge < -0.3 is 36.1 Å². The smallest absolute Gasteiger partial charge is 0.306 e. The number of phenols is 1. The van der Waals surface area contributed by atoms with Gasteiger partial charge in [-0.25, -0.2) is 10.0 Å². The summed E-state index contributed by atoms with van der Waals surface area (Å²) in [7, 11) is 1.92. The van der Waals surface area contributed by atoms with Gasteiger partial charge in [-0.05, 0) is 92.9 Å². The van der Waals surface area contributed by atoms with Crippen molar-refractivity contribution in [2.75, 3.05) is 32.5 Å². The number of hydroxylamine groups is 2. The van der Waals surface area contributed by atoms with Crippen LogP contribution in [0, 0.1) is 17.8 Å². The van der Waals surface area contributed by atoms with Crippen molar-refractivity contribution in [1.29, 1.82) is 0 Å². The van der Waals surface area contributed by atoms with Gasteiger partial charge in [0.05, 0.1) is 31.2 Å². The van der Waals surface area contributed by atoms with Crippen LogP contribution in [0.2, 0.25) is 0 Å². The van der Waals surface area contributed by atoms with E-state index in [1.807, 2.05) is 63.9 Å². The zero-order valence-corrected chi connectivity index (χ0v) is 39.1. The molecule has 1 aliphatic rings. The van der Waals surface area contributed by atoms with E-state index in [-0.39, 0.29) is 54.7 Å². The Hall–Kier alpha value is -5.10. The average Bonchev–Trinajstić information content (AvgIpc) is 3.76. The number of aromatic hydroxyl groups is 1. The molecule has 3 aromatic rings. The molecule has 0 saturated carbocycles. The van der Waals surface area contributed by atoms with Crippen LogP contribution in [-0.4, -0.2) is 106 Å². The van der Waals surface area contributed by atoms with Crippen LogP contribution in [0.1, 0.15) is 119 Å². The summed E-state index contributed by atoms with van der Waals surface area (Å²) in [5, 5.41) is 28.6. The number of carbonyl (C=O) groups excluding carboxylic acids is 4. The SMILES string of the molecule is CC[C@H](C)[C@H](NC(=O)[C@H]1CCCCN1C)C(=O)N(OCCCOCc1ccc(N)cc1)C(C[C@@H](OC(C)=O)c1nc(C(=O)N[C@@H](Cc2ccc(O)cc2)C[C@H](C)C(=O)O)cs1)C(C)C. The Morgan fingerprint density at radius 3 is 2.28 bits per heavy atom. The molecule has 0 bridgehead atoms. The molecule has 1 aliphatic heterocycles. The third kappa shape index (κ3) is 15.9. The Balaban J connectivity index is 1.59.